The number of ether oxygens (including phenoxy) is 1. The summed E-state index contributed by atoms with van der Waals surface area (Å²) < 4.78 is 30.5. The Hall–Kier alpha value is -2.42. The van der Waals surface area contributed by atoms with Gasteiger partial charge in [-0.3, -0.25) is 9.69 Å². The van der Waals surface area contributed by atoms with Gasteiger partial charge >= 0.3 is 16.5 Å². The van der Waals surface area contributed by atoms with Crippen LogP contribution in [0.3, 0.4) is 0 Å². The average molecular weight is 383 g/mol. The summed E-state index contributed by atoms with van der Waals surface area (Å²) in [5.74, 6) is -0.111. The van der Waals surface area contributed by atoms with Crippen LogP contribution in [0.5, 0.6) is 5.75 Å². The molecule has 0 saturated heterocycles. The number of unbranched alkanes of at least 4 members (excludes halogenated alkanes) is 1. The van der Waals surface area contributed by atoms with E-state index in [9.17, 15) is 18.0 Å². The molecule has 26 heavy (non-hydrogen) atoms. The van der Waals surface area contributed by atoms with E-state index in [4.69, 9.17) is 4.74 Å². The second-order valence-electron chi connectivity index (χ2n) is 6.19. The van der Waals surface area contributed by atoms with Crippen molar-refractivity contribution in [2.75, 3.05) is 20.7 Å². The normalized spacial score (nSPS) is 10.8. The van der Waals surface area contributed by atoms with Crippen LogP contribution in [0.2, 0.25) is 0 Å². The average Bonchev–Trinajstić information content (AvgIpc) is 2.60. The van der Waals surface area contributed by atoms with Crippen molar-refractivity contribution in [2.24, 2.45) is 4.36 Å². The Bertz CT molecular complexity index is 795. The molecule has 0 aliphatic rings. The molecule has 1 aromatic carbocycles. The van der Waals surface area contributed by atoms with Gasteiger partial charge in [-0.1, -0.05) is 19.4 Å². The third-order valence-electron chi connectivity index (χ3n) is 4.05. The minimum Gasteiger partial charge on any atom is -0.494 e. The third-order valence-corrected chi connectivity index (χ3v) is 4.39. The van der Waals surface area contributed by atoms with Crippen LogP contribution in [-0.2, 0) is 20.7 Å². The summed E-state index contributed by atoms with van der Waals surface area (Å²) in [4.78, 5) is 26.3. The maximum absolute atomic E-state index is 13.0. The summed E-state index contributed by atoms with van der Waals surface area (Å²) in [5, 5.41) is 2.48. The van der Waals surface area contributed by atoms with Crippen LogP contribution in [0.4, 0.5) is 10.5 Å². The number of nitrogens with zero attached hydrogens (tertiary/aromatic N) is 2. The van der Waals surface area contributed by atoms with E-state index in [1.165, 1.54) is 25.1 Å². The van der Waals surface area contributed by atoms with Crippen molar-refractivity contribution in [3.8, 4) is 5.75 Å². The highest BCUT2D eigenvalue weighted by Gasteiger charge is 2.36. The van der Waals surface area contributed by atoms with Crippen LogP contribution < -0.4 is 10.1 Å². The van der Waals surface area contributed by atoms with E-state index in [2.05, 4.69) is 9.68 Å². The van der Waals surface area contributed by atoms with E-state index in [1.54, 1.807) is 26.0 Å². The zero-order valence-electron chi connectivity index (χ0n) is 15.7. The Morgan fingerprint density at radius 1 is 1.31 bits per heavy atom. The van der Waals surface area contributed by atoms with Gasteiger partial charge in [0.15, 0.2) is 0 Å². The van der Waals surface area contributed by atoms with Gasteiger partial charge < -0.3 is 10.1 Å². The van der Waals surface area contributed by atoms with Crippen LogP contribution in [-0.4, -0.2) is 46.0 Å². The SMILES string of the molecule is CCCCN(C(=O)NC)C(=O)C(C)(C)c1ccc(OC)c(N=S(=O)=O)c1. The van der Waals surface area contributed by atoms with Crippen LogP contribution in [0.15, 0.2) is 22.6 Å². The molecule has 0 atom stereocenters. The Labute approximate surface area is 155 Å². The van der Waals surface area contributed by atoms with E-state index >= 15 is 0 Å². The number of benzene rings is 1. The standard InChI is InChI=1S/C17H25N3O5S/c1-6-7-10-20(16(22)18-4)15(21)17(2,3)12-8-9-14(25-5)13(11-12)19-26(23)24/h8-9,11H,6-7,10H2,1-5H3,(H,18,22). The lowest BCUT2D eigenvalue weighted by atomic mass is 9.82. The smallest absolute Gasteiger partial charge is 0.323 e. The van der Waals surface area contributed by atoms with Crippen molar-refractivity contribution < 1.29 is 22.7 Å². The van der Waals surface area contributed by atoms with Gasteiger partial charge in [-0.2, -0.15) is 8.42 Å². The molecule has 1 aromatic rings. The van der Waals surface area contributed by atoms with Gasteiger partial charge in [0.1, 0.15) is 11.4 Å². The largest absolute Gasteiger partial charge is 0.494 e. The molecule has 0 fully saturated rings. The van der Waals surface area contributed by atoms with Gasteiger partial charge in [0.05, 0.1) is 12.5 Å². The highest BCUT2D eigenvalue weighted by Crippen LogP contribution is 2.34. The lowest BCUT2D eigenvalue weighted by Crippen LogP contribution is -2.50. The lowest BCUT2D eigenvalue weighted by molar-refractivity contribution is -0.133. The van der Waals surface area contributed by atoms with Gasteiger partial charge in [-0.15, -0.1) is 4.36 Å². The number of rotatable bonds is 7. The van der Waals surface area contributed by atoms with Crippen molar-refractivity contribution >= 4 is 28.1 Å². The molecule has 144 valence electrons. The predicted molar refractivity (Wildman–Crippen MR) is 98.1 cm³/mol. The molecule has 0 spiro atoms. The van der Waals surface area contributed by atoms with Crippen LogP contribution >= 0.6 is 0 Å². The molecule has 0 radical (unpaired) electrons. The minimum absolute atomic E-state index is 0.0965. The first-order chi connectivity index (χ1) is 12.2. The van der Waals surface area contributed by atoms with Gasteiger partial charge in [0, 0.05) is 13.6 Å². The second kappa shape index (κ2) is 9.33. The maximum atomic E-state index is 13.0. The fraction of sp³-hybridized carbons (Fsp3) is 0.529. The topological polar surface area (TPSA) is 105 Å². The zero-order chi connectivity index (χ0) is 19.9. The minimum atomic E-state index is -2.66. The molecule has 0 unspecified atom stereocenters. The summed E-state index contributed by atoms with van der Waals surface area (Å²) in [6.45, 7) is 5.63. The number of carbonyl (C=O) groups is 2. The molecule has 0 saturated carbocycles. The second-order valence-corrected chi connectivity index (χ2v) is 6.80. The number of urea groups is 1. The summed E-state index contributed by atoms with van der Waals surface area (Å²) in [7, 11) is 0.206. The van der Waals surface area contributed by atoms with E-state index in [1.807, 2.05) is 6.92 Å². The van der Waals surface area contributed by atoms with Crippen molar-refractivity contribution in [1.82, 2.24) is 10.2 Å². The number of hydrogen-bond acceptors (Lipinski definition) is 6. The number of hydrogen-bond donors (Lipinski definition) is 1. The zero-order valence-corrected chi connectivity index (χ0v) is 16.5. The highest BCUT2D eigenvalue weighted by molar-refractivity contribution is 7.61. The number of imide groups is 1. The molecule has 0 heterocycles. The Morgan fingerprint density at radius 2 is 1.96 bits per heavy atom. The lowest BCUT2D eigenvalue weighted by Gasteiger charge is -2.31. The van der Waals surface area contributed by atoms with Gasteiger partial charge in [0.25, 0.3) is 0 Å². The molecule has 0 bridgehead atoms. The first kappa shape index (κ1) is 21.6. The van der Waals surface area contributed by atoms with E-state index in [-0.39, 0.29) is 17.3 Å². The monoisotopic (exact) mass is 383 g/mol. The predicted octanol–water partition coefficient (Wildman–Crippen LogP) is 2.64. The Balaban J connectivity index is 3.35. The Kier molecular flexibility index (Phi) is 7.76. The van der Waals surface area contributed by atoms with Crippen molar-refractivity contribution in [3.05, 3.63) is 23.8 Å². The maximum Gasteiger partial charge on any atom is 0.323 e. The fourth-order valence-electron chi connectivity index (χ4n) is 2.44. The van der Waals surface area contributed by atoms with E-state index in [0.717, 1.165) is 6.42 Å². The number of methoxy groups -OCH3 is 1. The molecule has 0 aliphatic heterocycles. The molecule has 1 N–H and O–H groups in total. The summed E-state index contributed by atoms with van der Waals surface area (Å²) in [5.41, 5.74) is -0.446. The molecule has 0 aromatic heterocycles. The number of amides is 3. The number of carbonyl (C=O) groups excluding carboxylic acids is 2. The van der Waals surface area contributed by atoms with E-state index in [0.29, 0.717) is 18.5 Å². The highest BCUT2D eigenvalue weighted by atomic mass is 32.2. The molecular weight excluding hydrogens is 358 g/mol. The third kappa shape index (κ3) is 5.04. The first-order valence-corrected chi connectivity index (χ1v) is 9.25. The molecule has 0 aliphatic carbocycles. The van der Waals surface area contributed by atoms with Crippen molar-refractivity contribution in [2.45, 2.75) is 39.0 Å². The fourth-order valence-corrected chi connectivity index (χ4v) is 2.74. The van der Waals surface area contributed by atoms with Crippen molar-refractivity contribution in [3.63, 3.8) is 0 Å². The number of nitrogens with one attached hydrogen (secondary N) is 1. The Morgan fingerprint density at radius 3 is 2.46 bits per heavy atom. The molecule has 9 heteroatoms. The van der Waals surface area contributed by atoms with Crippen molar-refractivity contribution in [1.29, 1.82) is 0 Å². The molecule has 1 rings (SSSR count). The summed E-state index contributed by atoms with van der Waals surface area (Å²) in [6.07, 6.45) is 1.52. The van der Waals surface area contributed by atoms with E-state index < -0.39 is 21.9 Å². The van der Waals surface area contributed by atoms with Gasteiger partial charge in [0.2, 0.25) is 5.91 Å². The molecular formula is C17H25N3O5S. The van der Waals surface area contributed by atoms with Crippen LogP contribution in [0.25, 0.3) is 0 Å². The quantitative estimate of drug-likeness (QED) is 0.779. The molecule has 3 amide bonds. The van der Waals surface area contributed by atoms with Crippen LogP contribution in [0, 0.1) is 0 Å². The first-order valence-electron chi connectivity index (χ1n) is 8.22. The van der Waals surface area contributed by atoms with Gasteiger partial charge in [-0.25, -0.2) is 4.79 Å². The summed E-state index contributed by atoms with van der Waals surface area (Å²) in [6, 6.07) is 4.21. The molecule has 8 nitrogen and oxygen atoms in total. The van der Waals surface area contributed by atoms with Crippen LogP contribution in [0.1, 0.15) is 39.2 Å². The summed E-state index contributed by atoms with van der Waals surface area (Å²) >= 11 is 0. The van der Waals surface area contributed by atoms with Gasteiger partial charge in [-0.05, 0) is 38.0 Å².